The van der Waals surface area contributed by atoms with E-state index in [0.717, 1.165) is 11.3 Å². The van der Waals surface area contributed by atoms with Crippen molar-refractivity contribution in [2.24, 2.45) is 0 Å². The van der Waals surface area contributed by atoms with Crippen molar-refractivity contribution in [1.29, 1.82) is 0 Å². The highest BCUT2D eigenvalue weighted by molar-refractivity contribution is 5.49. The summed E-state index contributed by atoms with van der Waals surface area (Å²) in [4.78, 5) is 0. The number of rotatable bonds is 1. The maximum absolute atomic E-state index is 5.34. The lowest BCUT2D eigenvalue weighted by Gasteiger charge is -1.82. The van der Waals surface area contributed by atoms with E-state index in [1.807, 2.05) is 6.92 Å². The molecule has 0 unspecified atom stereocenters. The minimum atomic E-state index is 0.447. The van der Waals surface area contributed by atoms with Crippen molar-refractivity contribution >= 4 is 12.0 Å². The quantitative estimate of drug-likeness (QED) is 0.618. The zero-order valence-electron chi connectivity index (χ0n) is 5.35. The van der Waals surface area contributed by atoms with Crippen LogP contribution in [-0.2, 0) is 0 Å². The van der Waals surface area contributed by atoms with Crippen LogP contribution in [0.15, 0.2) is 17.1 Å². The highest BCUT2D eigenvalue weighted by Gasteiger charge is 1.98. The Bertz CT molecular complexity index is 225. The summed E-state index contributed by atoms with van der Waals surface area (Å²) in [5.41, 5.74) is 6.37. The van der Waals surface area contributed by atoms with Crippen molar-refractivity contribution in [2.75, 3.05) is 5.73 Å². The van der Waals surface area contributed by atoms with Gasteiger partial charge in [0.05, 0.1) is 0 Å². The molecule has 0 saturated carbocycles. The standard InChI is InChI=1S/C7H9NO/c1-3-6-5(2)4-7(8)9-6/h3-4H,1,8H2,2H3. The van der Waals surface area contributed by atoms with Gasteiger partial charge in [0, 0.05) is 6.07 Å². The van der Waals surface area contributed by atoms with Gasteiger partial charge in [-0.25, -0.2) is 0 Å². The Labute approximate surface area is 54.0 Å². The van der Waals surface area contributed by atoms with Crippen LogP contribution in [-0.4, -0.2) is 0 Å². The molecule has 1 aromatic heterocycles. The smallest absolute Gasteiger partial charge is 0.191 e. The van der Waals surface area contributed by atoms with Crippen molar-refractivity contribution in [3.63, 3.8) is 0 Å². The molecule has 0 amide bonds. The van der Waals surface area contributed by atoms with Crippen molar-refractivity contribution in [2.45, 2.75) is 6.92 Å². The molecule has 0 fully saturated rings. The molecular weight excluding hydrogens is 114 g/mol. The van der Waals surface area contributed by atoms with Crippen molar-refractivity contribution in [3.05, 3.63) is 24.0 Å². The first kappa shape index (κ1) is 5.95. The van der Waals surface area contributed by atoms with Gasteiger partial charge in [0.2, 0.25) is 0 Å². The minimum absolute atomic E-state index is 0.447. The van der Waals surface area contributed by atoms with Gasteiger partial charge in [-0.2, -0.15) is 0 Å². The van der Waals surface area contributed by atoms with Gasteiger partial charge in [0.15, 0.2) is 5.88 Å². The highest BCUT2D eigenvalue weighted by Crippen LogP contribution is 2.16. The van der Waals surface area contributed by atoms with Crippen LogP contribution >= 0.6 is 0 Å². The Hall–Kier alpha value is -1.18. The number of nitrogens with two attached hydrogens (primary N) is 1. The summed E-state index contributed by atoms with van der Waals surface area (Å²) in [5, 5.41) is 0. The van der Waals surface area contributed by atoms with Crippen LogP contribution in [0.3, 0.4) is 0 Å². The van der Waals surface area contributed by atoms with Gasteiger partial charge >= 0.3 is 0 Å². The molecule has 2 heteroatoms. The van der Waals surface area contributed by atoms with Crippen LogP contribution in [0, 0.1) is 6.92 Å². The SMILES string of the molecule is C=Cc1oc(N)cc1C. The van der Waals surface area contributed by atoms with Gasteiger partial charge < -0.3 is 10.2 Å². The van der Waals surface area contributed by atoms with Crippen LogP contribution in [0.1, 0.15) is 11.3 Å². The van der Waals surface area contributed by atoms with Gasteiger partial charge in [-0.05, 0) is 18.6 Å². The van der Waals surface area contributed by atoms with Crippen LogP contribution in [0.25, 0.3) is 6.08 Å². The molecule has 0 atom stereocenters. The molecule has 0 aliphatic heterocycles. The fourth-order valence-electron chi connectivity index (χ4n) is 0.724. The Morgan fingerprint density at radius 3 is 2.67 bits per heavy atom. The Kier molecular flexibility index (Phi) is 1.30. The van der Waals surface area contributed by atoms with Crippen molar-refractivity contribution in [3.8, 4) is 0 Å². The molecule has 0 aliphatic carbocycles. The van der Waals surface area contributed by atoms with Crippen molar-refractivity contribution < 1.29 is 4.42 Å². The second kappa shape index (κ2) is 1.97. The monoisotopic (exact) mass is 123 g/mol. The molecule has 0 radical (unpaired) electrons. The minimum Gasteiger partial charge on any atom is -0.441 e. The molecule has 2 N–H and O–H groups in total. The Morgan fingerprint density at radius 2 is 2.44 bits per heavy atom. The maximum atomic E-state index is 5.34. The summed E-state index contributed by atoms with van der Waals surface area (Å²) < 4.78 is 5.02. The molecular formula is C7H9NO. The summed E-state index contributed by atoms with van der Waals surface area (Å²) in [6.07, 6.45) is 1.64. The fraction of sp³-hybridized carbons (Fsp3) is 0.143. The fourth-order valence-corrected chi connectivity index (χ4v) is 0.724. The van der Waals surface area contributed by atoms with Gasteiger partial charge in [-0.1, -0.05) is 6.58 Å². The maximum Gasteiger partial charge on any atom is 0.191 e. The molecule has 0 bridgehead atoms. The first-order valence-corrected chi connectivity index (χ1v) is 2.72. The molecule has 9 heavy (non-hydrogen) atoms. The van der Waals surface area contributed by atoms with Crippen molar-refractivity contribution in [1.82, 2.24) is 0 Å². The normalized spacial score (nSPS) is 9.44. The Morgan fingerprint density at radius 1 is 1.78 bits per heavy atom. The zero-order valence-corrected chi connectivity index (χ0v) is 5.35. The lowest BCUT2D eigenvalue weighted by atomic mass is 10.3. The van der Waals surface area contributed by atoms with E-state index < -0.39 is 0 Å². The largest absolute Gasteiger partial charge is 0.441 e. The highest BCUT2D eigenvalue weighted by atomic mass is 16.3. The molecule has 1 rings (SSSR count). The Balaban J connectivity index is 3.15. The molecule has 2 nitrogen and oxygen atoms in total. The average molecular weight is 123 g/mol. The predicted octanol–water partition coefficient (Wildman–Crippen LogP) is 1.81. The summed E-state index contributed by atoms with van der Waals surface area (Å²) in [5.74, 6) is 1.20. The summed E-state index contributed by atoms with van der Waals surface area (Å²) in [6, 6.07) is 1.77. The third-order valence-electron chi connectivity index (χ3n) is 1.16. The van der Waals surface area contributed by atoms with E-state index in [-0.39, 0.29) is 0 Å². The van der Waals surface area contributed by atoms with Crippen LogP contribution in [0.4, 0.5) is 5.88 Å². The van der Waals surface area contributed by atoms with Crippen LogP contribution in [0.2, 0.25) is 0 Å². The molecule has 0 aliphatic rings. The van der Waals surface area contributed by atoms with E-state index in [9.17, 15) is 0 Å². The summed E-state index contributed by atoms with van der Waals surface area (Å²) in [6.45, 7) is 5.48. The molecule has 1 heterocycles. The zero-order chi connectivity index (χ0) is 6.85. The van der Waals surface area contributed by atoms with E-state index in [1.165, 1.54) is 0 Å². The first-order chi connectivity index (χ1) is 4.24. The van der Waals surface area contributed by atoms with Gasteiger partial charge in [0.25, 0.3) is 0 Å². The summed E-state index contributed by atoms with van der Waals surface area (Å²) in [7, 11) is 0. The molecule has 0 aromatic carbocycles. The number of hydrogen-bond donors (Lipinski definition) is 1. The average Bonchev–Trinajstić information content (AvgIpc) is 2.10. The lowest BCUT2D eigenvalue weighted by molar-refractivity contribution is 0.575. The summed E-state index contributed by atoms with van der Waals surface area (Å²) >= 11 is 0. The number of furan rings is 1. The third kappa shape index (κ3) is 0.964. The van der Waals surface area contributed by atoms with E-state index in [2.05, 4.69) is 6.58 Å². The number of nitrogen functional groups attached to an aromatic ring is 1. The number of anilines is 1. The number of hydrogen-bond acceptors (Lipinski definition) is 2. The van der Waals surface area contributed by atoms with Gasteiger partial charge in [-0.15, -0.1) is 0 Å². The van der Waals surface area contributed by atoms with Gasteiger partial charge in [-0.3, -0.25) is 0 Å². The topological polar surface area (TPSA) is 39.2 Å². The van der Waals surface area contributed by atoms with Crippen LogP contribution < -0.4 is 5.73 Å². The first-order valence-electron chi connectivity index (χ1n) is 2.72. The third-order valence-corrected chi connectivity index (χ3v) is 1.16. The van der Waals surface area contributed by atoms with Gasteiger partial charge in [0.1, 0.15) is 5.76 Å². The van der Waals surface area contributed by atoms with E-state index in [4.69, 9.17) is 10.2 Å². The molecule has 48 valence electrons. The van der Waals surface area contributed by atoms with E-state index in [0.29, 0.717) is 5.88 Å². The van der Waals surface area contributed by atoms with E-state index in [1.54, 1.807) is 12.1 Å². The second-order valence-electron chi connectivity index (χ2n) is 1.90. The lowest BCUT2D eigenvalue weighted by Crippen LogP contribution is -1.75. The predicted molar refractivity (Wildman–Crippen MR) is 37.9 cm³/mol. The second-order valence-corrected chi connectivity index (χ2v) is 1.90. The molecule has 0 saturated heterocycles. The molecule has 1 aromatic rings. The number of aryl methyl sites for hydroxylation is 1. The van der Waals surface area contributed by atoms with E-state index >= 15 is 0 Å². The molecule has 0 spiro atoms. The van der Waals surface area contributed by atoms with Crippen LogP contribution in [0.5, 0.6) is 0 Å².